The van der Waals surface area contributed by atoms with Crippen LogP contribution >= 0.6 is 7.82 Å². The Morgan fingerprint density at radius 1 is 0.355 bits per heavy atom. The highest BCUT2D eigenvalue weighted by Crippen LogP contribution is 2.43. The minimum atomic E-state index is -4.74. The van der Waals surface area contributed by atoms with Crippen LogP contribution in [0.25, 0.3) is 0 Å². The van der Waals surface area contributed by atoms with Crippen LogP contribution in [0.1, 0.15) is 342 Å². The molecule has 0 saturated carbocycles. The first-order valence-electron chi connectivity index (χ1n) is 32.6. The van der Waals surface area contributed by atoms with Gasteiger partial charge in [0.25, 0.3) is 0 Å². The molecule has 0 radical (unpaired) electrons. The van der Waals surface area contributed by atoms with Gasteiger partial charge in [0.15, 0.2) is 6.10 Å². The molecule has 0 rings (SSSR count). The van der Waals surface area contributed by atoms with Gasteiger partial charge in [0.05, 0.1) is 19.8 Å². The predicted molar refractivity (Wildman–Crippen MR) is 317 cm³/mol. The lowest BCUT2D eigenvalue weighted by atomic mass is 10.0. The van der Waals surface area contributed by atoms with Crippen molar-refractivity contribution in [1.29, 1.82) is 0 Å². The number of unbranched alkanes of at least 4 members (excludes halogenated alkanes) is 43. The molecule has 3 atom stereocenters. The molecule has 0 aromatic rings. The van der Waals surface area contributed by atoms with E-state index in [1.807, 2.05) is 0 Å². The van der Waals surface area contributed by atoms with Crippen LogP contribution in [0.15, 0.2) is 12.2 Å². The van der Waals surface area contributed by atoms with Gasteiger partial charge in [0, 0.05) is 19.3 Å². The molecule has 12 heteroatoms. The van der Waals surface area contributed by atoms with Gasteiger partial charge >= 0.3 is 25.7 Å². The summed E-state index contributed by atoms with van der Waals surface area (Å²) in [5.41, 5.74) is 0. The second kappa shape index (κ2) is 59.3. The Labute approximate surface area is 468 Å². The lowest BCUT2D eigenvalue weighted by Crippen LogP contribution is -2.30. The topological polar surface area (TPSA) is 155 Å². The smallest absolute Gasteiger partial charge is 0.462 e. The first kappa shape index (κ1) is 74.2. The number of esters is 3. The van der Waals surface area contributed by atoms with Crippen molar-refractivity contribution in [2.45, 2.75) is 354 Å². The standard InChI is InChI=1S/C64H123O11P/c1-4-7-10-13-16-19-22-24-26-28-30-32-34-36-39-41-44-47-50-53-62(66)71-57-61(75-64(68)55-52-49-46-43-40-37-35-33-31-29-27-25-23-20-17-14-11-8-5-2)59-73-76(69,70)72-58-60(56-65)74-63(67)54-51-48-45-42-38-21-18-15-12-9-6-3/h24,26,60-61,65H,4-23,25,27-59H2,1-3H3,(H,69,70)/b26-24-. The van der Waals surface area contributed by atoms with Crippen LogP contribution in [-0.4, -0.2) is 66.5 Å². The van der Waals surface area contributed by atoms with E-state index in [1.165, 1.54) is 225 Å². The van der Waals surface area contributed by atoms with Gasteiger partial charge in [-0.1, -0.05) is 290 Å². The van der Waals surface area contributed by atoms with Gasteiger partial charge in [0.2, 0.25) is 0 Å². The van der Waals surface area contributed by atoms with E-state index in [9.17, 15) is 28.9 Å². The lowest BCUT2D eigenvalue weighted by Gasteiger charge is -2.21. The van der Waals surface area contributed by atoms with E-state index in [0.29, 0.717) is 19.3 Å². The molecule has 0 amide bonds. The van der Waals surface area contributed by atoms with Gasteiger partial charge in [-0.25, -0.2) is 4.57 Å². The number of ether oxygens (including phenoxy) is 3. The number of rotatable bonds is 62. The average Bonchev–Trinajstić information content (AvgIpc) is 3.41. The fraction of sp³-hybridized carbons (Fsp3) is 0.922. The third-order valence-corrected chi connectivity index (χ3v) is 15.6. The molecule has 11 nitrogen and oxygen atoms in total. The summed E-state index contributed by atoms with van der Waals surface area (Å²) in [6, 6.07) is 0. The number of phosphoric acid groups is 1. The molecule has 0 aromatic carbocycles. The number of carbonyl (C=O) groups is 3. The molecule has 450 valence electrons. The monoisotopic (exact) mass is 1100 g/mol. The molecule has 0 saturated heterocycles. The number of aliphatic hydroxyl groups excluding tert-OH is 1. The second-order valence-electron chi connectivity index (χ2n) is 22.3. The highest BCUT2D eigenvalue weighted by molar-refractivity contribution is 7.47. The van der Waals surface area contributed by atoms with E-state index in [0.717, 1.165) is 57.8 Å². The fourth-order valence-corrected chi connectivity index (χ4v) is 10.5. The van der Waals surface area contributed by atoms with Crippen molar-refractivity contribution < 1.29 is 52.2 Å². The number of hydrogen-bond acceptors (Lipinski definition) is 10. The zero-order chi connectivity index (χ0) is 55.5. The van der Waals surface area contributed by atoms with E-state index in [1.54, 1.807) is 0 Å². The summed E-state index contributed by atoms with van der Waals surface area (Å²) in [7, 11) is -4.74. The summed E-state index contributed by atoms with van der Waals surface area (Å²) < 4.78 is 39.7. The number of aliphatic hydroxyl groups is 1. The minimum Gasteiger partial charge on any atom is -0.462 e. The molecule has 76 heavy (non-hydrogen) atoms. The Bertz CT molecular complexity index is 1330. The lowest BCUT2D eigenvalue weighted by molar-refractivity contribution is -0.161. The number of carbonyl (C=O) groups excluding carboxylic acids is 3. The number of allylic oxidation sites excluding steroid dienone is 2. The van der Waals surface area contributed by atoms with Gasteiger partial charge < -0.3 is 24.2 Å². The van der Waals surface area contributed by atoms with Gasteiger partial charge in [0.1, 0.15) is 12.7 Å². The first-order chi connectivity index (χ1) is 37.2. The molecule has 0 aliphatic carbocycles. The molecule has 0 spiro atoms. The summed E-state index contributed by atoms with van der Waals surface area (Å²) in [5.74, 6) is -1.43. The molecule has 0 aromatic heterocycles. The molecular formula is C64H123O11P. The molecular weight excluding hydrogens is 976 g/mol. The van der Waals surface area contributed by atoms with Crippen LogP contribution < -0.4 is 0 Å². The number of phosphoric ester groups is 1. The van der Waals surface area contributed by atoms with E-state index in [-0.39, 0.29) is 25.9 Å². The van der Waals surface area contributed by atoms with Crippen molar-refractivity contribution in [3.05, 3.63) is 12.2 Å². The van der Waals surface area contributed by atoms with Crippen molar-refractivity contribution in [2.24, 2.45) is 0 Å². The Kier molecular flexibility index (Phi) is 58.0. The van der Waals surface area contributed by atoms with Crippen LogP contribution in [0.2, 0.25) is 0 Å². The average molecular weight is 1100 g/mol. The zero-order valence-electron chi connectivity index (χ0n) is 50.0. The molecule has 0 aliphatic rings. The highest BCUT2D eigenvalue weighted by atomic mass is 31.2. The Morgan fingerprint density at radius 2 is 0.605 bits per heavy atom. The van der Waals surface area contributed by atoms with Gasteiger partial charge in [-0.05, 0) is 44.9 Å². The third kappa shape index (κ3) is 56.9. The molecule has 0 bridgehead atoms. The van der Waals surface area contributed by atoms with Gasteiger partial charge in [-0.3, -0.25) is 23.4 Å². The van der Waals surface area contributed by atoms with Crippen LogP contribution in [-0.2, 0) is 42.2 Å². The second-order valence-corrected chi connectivity index (χ2v) is 23.8. The summed E-state index contributed by atoms with van der Waals surface area (Å²) in [4.78, 5) is 48.7. The fourth-order valence-electron chi connectivity index (χ4n) is 9.71. The summed E-state index contributed by atoms with van der Waals surface area (Å²) in [6.07, 6.45) is 60.3. The minimum absolute atomic E-state index is 0.177. The van der Waals surface area contributed by atoms with Crippen molar-refractivity contribution in [2.75, 3.05) is 26.4 Å². The van der Waals surface area contributed by atoms with E-state index in [2.05, 4.69) is 32.9 Å². The maximum Gasteiger partial charge on any atom is 0.472 e. The number of hydrogen-bond donors (Lipinski definition) is 2. The third-order valence-electron chi connectivity index (χ3n) is 14.7. The van der Waals surface area contributed by atoms with Crippen LogP contribution in [0.4, 0.5) is 0 Å². The maximum atomic E-state index is 13.0. The molecule has 3 unspecified atom stereocenters. The molecule has 0 heterocycles. The quantitative estimate of drug-likeness (QED) is 0.0197. The van der Waals surface area contributed by atoms with E-state index in [4.69, 9.17) is 23.3 Å². The van der Waals surface area contributed by atoms with Crippen LogP contribution in [0.5, 0.6) is 0 Å². The summed E-state index contributed by atoms with van der Waals surface area (Å²) in [6.45, 7) is 4.72. The van der Waals surface area contributed by atoms with Gasteiger partial charge in [-0.2, -0.15) is 0 Å². The zero-order valence-corrected chi connectivity index (χ0v) is 50.9. The van der Waals surface area contributed by atoms with Gasteiger partial charge in [-0.15, -0.1) is 0 Å². The van der Waals surface area contributed by atoms with Crippen LogP contribution in [0.3, 0.4) is 0 Å². The predicted octanol–water partition coefficient (Wildman–Crippen LogP) is 19.6. The van der Waals surface area contributed by atoms with E-state index >= 15 is 0 Å². The van der Waals surface area contributed by atoms with Crippen molar-refractivity contribution in [1.82, 2.24) is 0 Å². The van der Waals surface area contributed by atoms with Crippen molar-refractivity contribution in [3.63, 3.8) is 0 Å². The van der Waals surface area contributed by atoms with Crippen molar-refractivity contribution >= 4 is 25.7 Å². The normalized spacial score (nSPS) is 13.3. The largest absolute Gasteiger partial charge is 0.472 e. The van der Waals surface area contributed by atoms with Crippen LogP contribution in [0, 0.1) is 0 Å². The first-order valence-corrected chi connectivity index (χ1v) is 34.1. The summed E-state index contributed by atoms with van der Waals surface area (Å²) in [5, 5.41) is 9.82. The highest BCUT2D eigenvalue weighted by Gasteiger charge is 2.28. The maximum absolute atomic E-state index is 13.0. The SMILES string of the molecule is CCCCCCCC/C=C\CCCCCCCCCCCC(=O)OCC(COP(=O)(O)OCC(CO)OC(=O)CCCCCCCCCCCCC)OC(=O)CCCCCCCCCCCCCCCCCCCCC. The molecule has 0 fully saturated rings. The molecule has 2 N–H and O–H groups in total. The summed E-state index contributed by atoms with van der Waals surface area (Å²) >= 11 is 0. The Balaban J connectivity index is 4.63. The van der Waals surface area contributed by atoms with Crippen molar-refractivity contribution in [3.8, 4) is 0 Å². The Morgan fingerprint density at radius 3 is 0.908 bits per heavy atom. The molecule has 0 aliphatic heterocycles. The van der Waals surface area contributed by atoms with E-state index < -0.39 is 57.8 Å². The Hall–Kier alpha value is -1.78.